The van der Waals surface area contributed by atoms with Gasteiger partial charge in [0.15, 0.2) is 0 Å². The molecule has 1 heterocycles. The molecule has 0 aliphatic rings. The van der Waals surface area contributed by atoms with Gasteiger partial charge in [0, 0.05) is 4.90 Å². The largest absolute Gasteiger partial charge is 0.463 e. The predicted octanol–water partition coefficient (Wildman–Crippen LogP) is 2.85. The number of para-hydroxylation sites is 1. The van der Waals surface area contributed by atoms with Gasteiger partial charge in [0.25, 0.3) is 0 Å². The van der Waals surface area contributed by atoms with Crippen LogP contribution in [0.3, 0.4) is 0 Å². The number of aromatic nitrogens is 2. The van der Waals surface area contributed by atoms with Crippen molar-refractivity contribution in [3.63, 3.8) is 0 Å². The number of methoxy groups -OCH3 is 1. The van der Waals surface area contributed by atoms with Crippen LogP contribution in [0.2, 0.25) is 0 Å². The molecule has 0 unspecified atom stereocenters. The number of fused-ring (bicyclic) bond motifs is 1. The van der Waals surface area contributed by atoms with Crippen molar-refractivity contribution in [1.29, 1.82) is 0 Å². The van der Waals surface area contributed by atoms with E-state index in [1.165, 1.54) is 7.11 Å². The molecule has 0 radical (unpaired) electrons. The molecule has 0 bridgehead atoms. The molecule has 5 heteroatoms. The molecule has 0 spiro atoms. The fourth-order valence-corrected chi connectivity index (χ4v) is 2.42. The highest BCUT2D eigenvalue weighted by Crippen LogP contribution is 2.26. The molecule has 2 aromatic rings. The summed E-state index contributed by atoms with van der Waals surface area (Å²) < 4.78 is 4.65. The summed E-state index contributed by atoms with van der Waals surface area (Å²) in [7, 11) is 1.35. The van der Waals surface area contributed by atoms with E-state index in [1.807, 2.05) is 18.2 Å². The Hall–Kier alpha value is -1.49. The first-order valence-electron chi connectivity index (χ1n) is 5.46. The Bertz CT molecular complexity index is 536. The van der Waals surface area contributed by atoms with E-state index in [9.17, 15) is 4.79 Å². The maximum absolute atomic E-state index is 11.4. The number of thioether (sulfide) groups is 1. The SMILES string of the molecule is CCCSc1cccc2[nH]c(C(=O)OC)nc12. The summed E-state index contributed by atoms with van der Waals surface area (Å²) in [4.78, 5) is 19.7. The minimum atomic E-state index is -0.437. The lowest BCUT2D eigenvalue weighted by molar-refractivity contribution is 0.0588. The minimum Gasteiger partial charge on any atom is -0.463 e. The van der Waals surface area contributed by atoms with Gasteiger partial charge >= 0.3 is 5.97 Å². The Morgan fingerprint density at radius 3 is 3.06 bits per heavy atom. The van der Waals surface area contributed by atoms with Crippen LogP contribution in [-0.2, 0) is 4.74 Å². The summed E-state index contributed by atoms with van der Waals surface area (Å²) >= 11 is 1.75. The van der Waals surface area contributed by atoms with Crippen LogP contribution >= 0.6 is 11.8 Å². The first kappa shape index (κ1) is 12.0. The van der Waals surface area contributed by atoms with Crippen molar-refractivity contribution < 1.29 is 9.53 Å². The molecule has 0 fully saturated rings. The van der Waals surface area contributed by atoms with Crippen LogP contribution in [-0.4, -0.2) is 28.8 Å². The first-order chi connectivity index (χ1) is 8.26. The Balaban J connectivity index is 2.41. The van der Waals surface area contributed by atoms with Gasteiger partial charge in [-0.1, -0.05) is 13.0 Å². The number of ether oxygens (including phenoxy) is 1. The van der Waals surface area contributed by atoms with Crippen LogP contribution < -0.4 is 0 Å². The standard InChI is InChI=1S/C12H14N2O2S/c1-3-7-17-9-6-4-5-8-10(9)14-11(13-8)12(15)16-2/h4-6H,3,7H2,1-2H3,(H,13,14). The summed E-state index contributed by atoms with van der Waals surface area (Å²) in [6.45, 7) is 2.14. The van der Waals surface area contributed by atoms with Gasteiger partial charge in [-0.05, 0) is 24.3 Å². The number of hydrogen-bond acceptors (Lipinski definition) is 4. The third kappa shape index (κ3) is 2.44. The number of carbonyl (C=O) groups excluding carboxylic acids is 1. The third-order valence-corrected chi connectivity index (χ3v) is 3.57. The van der Waals surface area contributed by atoms with Crippen molar-refractivity contribution in [3.05, 3.63) is 24.0 Å². The van der Waals surface area contributed by atoms with E-state index >= 15 is 0 Å². The number of carbonyl (C=O) groups is 1. The highest BCUT2D eigenvalue weighted by Gasteiger charge is 2.13. The van der Waals surface area contributed by atoms with Crippen molar-refractivity contribution in [2.45, 2.75) is 18.2 Å². The van der Waals surface area contributed by atoms with Crippen molar-refractivity contribution in [2.24, 2.45) is 0 Å². The van der Waals surface area contributed by atoms with Gasteiger partial charge in [0.2, 0.25) is 5.82 Å². The second-order valence-electron chi connectivity index (χ2n) is 3.58. The molecule has 0 amide bonds. The van der Waals surface area contributed by atoms with Gasteiger partial charge < -0.3 is 9.72 Å². The number of aromatic amines is 1. The predicted molar refractivity (Wildman–Crippen MR) is 68.4 cm³/mol. The lowest BCUT2D eigenvalue weighted by Crippen LogP contribution is -2.02. The third-order valence-electron chi connectivity index (χ3n) is 2.32. The molecule has 1 N–H and O–H groups in total. The Labute approximate surface area is 104 Å². The number of nitrogens with one attached hydrogen (secondary N) is 1. The van der Waals surface area contributed by atoms with Crippen molar-refractivity contribution in [3.8, 4) is 0 Å². The normalized spacial score (nSPS) is 10.7. The average molecular weight is 250 g/mol. The van der Waals surface area contributed by atoms with E-state index in [0.29, 0.717) is 0 Å². The zero-order chi connectivity index (χ0) is 12.3. The Kier molecular flexibility index (Phi) is 3.68. The van der Waals surface area contributed by atoms with Gasteiger partial charge in [-0.3, -0.25) is 0 Å². The molecule has 0 atom stereocenters. The highest BCUT2D eigenvalue weighted by atomic mass is 32.2. The number of H-pyrrole nitrogens is 1. The van der Waals surface area contributed by atoms with Crippen LogP contribution in [0, 0.1) is 0 Å². The summed E-state index contributed by atoms with van der Waals surface area (Å²) in [6.07, 6.45) is 1.11. The van der Waals surface area contributed by atoms with Crippen LogP contribution in [0.5, 0.6) is 0 Å². The molecule has 0 saturated heterocycles. The maximum atomic E-state index is 11.4. The number of hydrogen-bond donors (Lipinski definition) is 1. The van der Waals surface area contributed by atoms with Gasteiger partial charge in [0.05, 0.1) is 12.6 Å². The molecular formula is C12H14N2O2S. The zero-order valence-corrected chi connectivity index (χ0v) is 10.6. The molecular weight excluding hydrogens is 236 g/mol. The number of nitrogens with zero attached hydrogens (tertiary/aromatic N) is 1. The fraction of sp³-hybridized carbons (Fsp3) is 0.333. The molecule has 0 aliphatic carbocycles. The van der Waals surface area contributed by atoms with Gasteiger partial charge in [-0.25, -0.2) is 9.78 Å². The summed E-state index contributed by atoms with van der Waals surface area (Å²) in [5, 5.41) is 0. The molecule has 90 valence electrons. The Morgan fingerprint density at radius 1 is 1.53 bits per heavy atom. The number of benzene rings is 1. The molecule has 0 aliphatic heterocycles. The highest BCUT2D eigenvalue weighted by molar-refractivity contribution is 7.99. The molecule has 0 saturated carbocycles. The van der Waals surface area contributed by atoms with E-state index in [2.05, 4.69) is 21.6 Å². The second-order valence-corrected chi connectivity index (χ2v) is 4.71. The average Bonchev–Trinajstić information content (AvgIpc) is 2.79. The summed E-state index contributed by atoms with van der Waals surface area (Å²) in [5.74, 6) is 0.860. The van der Waals surface area contributed by atoms with Crippen LogP contribution in [0.15, 0.2) is 23.1 Å². The van der Waals surface area contributed by atoms with Crippen molar-refractivity contribution >= 4 is 28.8 Å². The maximum Gasteiger partial charge on any atom is 0.374 e. The van der Waals surface area contributed by atoms with Gasteiger partial charge in [-0.2, -0.15) is 0 Å². The summed E-state index contributed by atoms with van der Waals surface area (Å²) in [5.41, 5.74) is 1.71. The number of imidazole rings is 1. The molecule has 17 heavy (non-hydrogen) atoms. The van der Waals surface area contributed by atoms with E-state index in [-0.39, 0.29) is 5.82 Å². The van der Waals surface area contributed by atoms with E-state index in [0.717, 1.165) is 28.1 Å². The van der Waals surface area contributed by atoms with Crippen LogP contribution in [0.25, 0.3) is 11.0 Å². The summed E-state index contributed by atoms with van der Waals surface area (Å²) in [6, 6.07) is 5.88. The Morgan fingerprint density at radius 2 is 2.35 bits per heavy atom. The van der Waals surface area contributed by atoms with Gasteiger partial charge in [-0.15, -0.1) is 11.8 Å². The fourth-order valence-electron chi connectivity index (χ4n) is 1.53. The van der Waals surface area contributed by atoms with Crippen LogP contribution in [0.4, 0.5) is 0 Å². The minimum absolute atomic E-state index is 0.257. The van der Waals surface area contributed by atoms with E-state index in [1.54, 1.807) is 11.8 Å². The first-order valence-corrected chi connectivity index (χ1v) is 6.44. The zero-order valence-electron chi connectivity index (χ0n) is 9.82. The second kappa shape index (κ2) is 5.23. The van der Waals surface area contributed by atoms with Crippen LogP contribution in [0.1, 0.15) is 24.0 Å². The smallest absolute Gasteiger partial charge is 0.374 e. The van der Waals surface area contributed by atoms with E-state index in [4.69, 9.17) is 0 Å². The van der Waals surface area contributed by atoms with Crippen molar-refractivity contribution in [1.82, 2.24) is 9.97 Å². The molecule has 2 rings (SSSR count). The lowest BCUT2D eigenvalue weighted by atomic mass is 10.3. The topological polar surface area (TPSA) is 55.0 Å². The molecule has 1 aromatic carbocycles. The number of rotatable bonds is 4. The number of esters is 1. The quantitative estimate of drug-likeness (QED) is 0.669. The van der Waals surface area contributed by atoms with Gasteiger partial charge in [0.1, 0.15) is 5.52 Å². The molecule has 1 aromatic heterocycles. The lowest BCUT2D eigenvalue weighted by Gasteiger charge is -1.99. The van der Waals surface area contributed by atoms with Crippen molar-refractivity contribution in [2.75, 3.05) is 12.9 Å². The molecule has 4 nitrogen and oxygen atoms in total. The monoisotopic (exact) mass is 250 g/mol. The van der Waals surface area contributed by atoms with E-state index < -0.39 is 5.97 Å².